The molecule has 2 N–H and O–H groups in total. The lowest BCUT2D eigenvalue weighted by Gasteiger charge is -2.19. The normalized spacial score (nSPS) is 20.1. The molecular weight excluding hydrogens is 252 g/mol. The topological polar surface area (TPSA) is 56.8 Å². The highest BCUT2D eigenvalue weighted by Crippen LogP contribution is 2.21. The molecule has 0 spiro atoms. The van der Waals surface area contributed by atoms with Gasteiger partial charge >= 0.3 is 0 Å². The molecule has 4 nitrogen and oxygen atoms in total. The molecule has 2 atom stereocenters. The fourth-order valence-corrected chi connectivity index (χ4v) is 2.07. The molecule has 0 saturated heterocycles. The number of rotatable bonds is 5. The SMILES string of the molecule is CC[C@@H](C[C@H]1COC(N)=N1)Oc1cccc(Cl)c1. The smallest absolute Gasteiger partial charge is 0.282 e. The van der Waals surface area contributed by atoms with Gasteiger partial charge in [0.05, 0.1) is 6.04 Å². The van der Waals surface area contributed by atoms with E-state index < -0.39 is 0 Å². The van der Waals surface area contributed by atoms with Crippen LogP contribution in [0.3, 0.4) is 0 Å². The lowest BCUT2D eigenvalue weighted by atomic mass is 10.1. The molecule has 0 saturated carbocycles. The van der Waals surface area contributed by atoms with E-state index in [0.717, 1.165) is 18.6 Å². The molecule has 1 aromatic rings. The summed E-state index contributed by atoms with van der Waals surface area (Å²) in [5.74, 6) is 0.783. The summed E-state index contributed by atoms with van der Waals surface area (Å²) in [4.78, 5) is 4.20. The quantitative estimate of drug-likeness (QED) is 0.893. The molecule has 18 heavy (non-hydrogen) atoms. The Morgan fingerprint density at radius 2 is 2.44 bits per heavy atom. The summed E-state index contributed by atoms with van der Waals surface area (Å²) in [5.41, 5.74) is 5.48. The van der Waals surface area contributed by atoms with Crippen molar-refractivity contribution < 1.29 is 9.47 Å². The van der Waals surface area contributed by atoms with Crippen LogP contribution in [0.15, 0.2) is 29.3 Å². The maximum atomic E-state index is 5.92. The van der Waals surface area contributed by atoms with Gasteiger partial charge in [0, 0.05) is 11.4 Å². The highest BCUT2D eigenvalue weighted by Gasteiger charge is 2.21. The summed E-state index contributed by atoms with van der Waals surface area (Å²) in [6, 6.07) is 7.78. The number of hydrogen-bond donors (Lipinski definition) is 1. The van der Waals surface area contributed by atoms with Crippen LogP contribution in [0.25, 0.3) is 0 Å². The Labute approximate surface area is 112 Å². The molecule has 0 unspecified atom stereocenters. The average Bonchev–Trinajstić information content (AvgIpc) is 2.74. The number of ether oxygens (including phenoxy) is 2. The molecule has 0 aliphatic carbocycles. The van der Waals surface area contributed by atoms with Gasteiger partial charge in [-0.3, -0.25) is 0 Å². The van der Waals surface area contributed by atoms with Gasteiger partial charge in [0.1, 0.15) is 18.5 Å². The molecule has 0 bridgehead atoms. The van der Waals surface area contributed by atoms with Gasteiger partial charge in [-0.25, -0.2) is 4.99 Å². The number of nitrogens with zero attached hydrogens (tertiary/aromatic N) is 1. The van der Waals surface area contributed by atoms with Crippen LogP contribution in [-0.4, -0.2) is 24.8 Å². The van der Waals surface area contributed by atoms with E-state index in [2.05, 4.69) is 11.9 Å². The first-order valence-corrected chi connectivity index (χ1v) is 6.43. The maximum absolute atomic E-state index is 5.92. The fraction of sp³-hybridized carbons (Fsp3) is 0.462. The maximum Gasteiger partial charge on any atom is 0.282 e. The molecule has 0 amide bonds. The van der Waals surface area contributed by atoms with Crippen LogP contribution in [0.5, 0.6) is 5.75 Å². The van der Waals surface area contributed by atoms with Crippen molar-refractivity contribution >= 4 is 17.6 Å². The molecule has 0 radical (unpaired) electrons. The molecule has 1 heterocycles. The van der Waals surface area contributed by atoms with E-state index in [9.17, 15) is 0 Å². The summed E-state index contributed by atoms with van der Waals surface area (Å²) in [7, 11) is 0. The van der Waals surface area contributed by atoms with Crippen LogP contribution >= 0.6 is 11.6 Å². The first-order chi connectivity index (χ1) is 8.67. The van der Waals surface area contributed by atoms with Gasteiger partial charge < -0.3 is 15.2 Å². The highest BCUT2D eigenvalue weighted by atomic mass is 35.5. The summed E-state index contributed by atoms with van der Waals surface area (Å²) in [6.45, 7) is 2.62. The molecule has 0 fully saturated rings. The van der Waals surface area contributed by atoms with E-state index in [1.165, 1.54) is 0 Å². The van der Waals surface area contributed by atoms with Gasteiger partial charge in [-0.2, -0.15) is 0 Å². The van der Waals surface area contributed by atoms with Crippen molar-refractivity contribution in [3.8, 4) is 5.75 Å². The van der Waals surface area contributed by atoms with Crippen molar-refractivity contribution in [2.45, 2.75) is 31.9 Å². The van der Waals surface area contributed by atoms with E-state index in [1.807, 2.05) is 24.3 Å². The van der Waals surface area contributed by atoms with Crippen molar-refractivity contribution in [3.63, 3.8) is 0 Å². The number of benzene rings is 1. The molecule has 5 heteroatoms. The van der Waals surface area contributed by atoms with Gasteiger partial charge in [0.25, 0.3) is 6.02 Å². The monoisotopic (exact) mass is 268 g/mol. The van der Waals surface area contributed by atoms with E-state index >= 15 is 0 Å². The highest BCUT2D eigenvalue weighted by molar-refractivity contribution is 6.30. The second kappa shape index (κ2) is 5.96. The van der Waals surface area contributed by atoms with Gasteiger partial charge in [0.2, 0.25) is 0 Å². The molecule has 1 aromatic carbocycles. The van der Waals surface area contributed by atoms with E-state index in [0.29, 0.717) is 11.6 Å². The van der Waals surface area contributed by atoms with Crippen molar-refractivity contribution in [1.29, 1.82) is 0 Å². The van der Waals surface area contributed by atoms with E-state index in [1.54, 1.807) is 0 Å². The van der Waals surface area contributed by atoms with Crippen molar-refractivity contribution in [1.82, 2.24) is 0 Å². The predicted molar refractivity (Wildman–Crippen MR) is 72.1 cm³/mol. The zero-order valence-electron chi connectivity index (χ0n) is 10.3. The van der Waals surface area contributed by atoms with Crippen LogP contribution in [0.4, 0.5) is 0 Å². The molecule has 1 aliphatic rings. The third-order valence-corrected chi connectivity index (χ3v) is 3.06. The molecule has 1 aliphatic heterocycles. The number of hydrogen-bond acceptors (Lipinski definition) is 4. The van der Waals surface area contributed by atoms with Crippen LogP contribution in [-0.2, 0) is 4.74 Å². The number of amidine groups is 1. The standard InChI is InChI=1S/C13H17ClN2O2/c1-2-11(7-10-8-17-13(15)16-10)18-12-5-3-4-9(14)6-12/h3-6,10-11H,2,7-8H2,1H3,(H2,15,16)/t10-,11-/m0/s1. The summed E-state index contributed by atoms with van der Waals surface area (Å²) in [5, 5.41) is 0.675. The lowest BCUT2D eigenvalue weighted by molar-refractivity contribution is 0.168. The lowest BCUT2D eigenvalue weighted by Crippen LogP contribution is -2.22. The molecule has 98 valence electrons. The Kier molecular flexibility index (Phi) is 4.31. The third kappa shape index (κ3) is 3.53. The number of halogens is 1. The van der Waals surface area contributed by atoms with Crippen LogP contribution < -0.4 is 10.5 Å². The van der Waals surface area contributed by atoms with Gasteiger partial charge in [-0.15, -0.1) is 0 Å². The van der Waals surface area contributed by atoms with Gasteiger partial charge in [0.15, 0.2) is 0 Å². The molecular formula is C13H17ClN2O2. The van der Waals surface area contributed by atoms with E-state index in [-0.39, 0.29) is 18.2 Å². The first kappa shape index (κ1) is 13.0. The number of nitrogens with two attached hydrogens (primary N) is 1. The minimum absolute atomic E-state index is 0.0896. The van der Waals surface area contributed by atoms with Crippen molar-refractivity contribution in [2.75, 3.05) is 6.61 Å². The molecule has 0 aromatic heterocycles. The Morgan fingerprint density at radius 1 is 1.61 bits per heavy atom. The minimum Gasteiger partial charge on any atom is -0.490 e. The van der Waals surface area contributed by atoms with Gasteiger partial charge in [-0.1, -0.05) is 24.6 Å². The Balaban J connectivity index is 1.93. The van der Waals surface area contributed by atoms with Crippen LogP contribution in [0.1, 0.15) is 19.8 Å². The van der Waals surface area contributed by atoms with Crippen LogP contribution in [0.2, 0.25) is 5.02 Å². The second-order valence-corrected chi connectivity index (χ2v) is 4.71. The predicted octanol–water partition coefficient (Wildman–Crippen LogP) is 2.60. The van der Waals surface area contributed by atoms with Crippen molar-refractivity contribution in [2.24, 2.45) is 10.7 Å². The zero-order valence-corrected chi connectivity index (χ0v) is 11.1. The van der Waals surface area contributed by atoms with E-state index in [4.69, 9.17) is 26.8 Å². The van der Waals surface area contributed by atoms with Gasteiger partial charge in [-0.05, 0) is 24.6 Å². The van der Waals surface area contributed by atoms with Crippen LogP contribution in [0, 0.1) is 0 Å². The minimum atomic E-state index is 0.0896. The van der Waals surface area contributed by atoms with Crippen molar-refractivity contribution in [3.05, 3.63) is 29.3 Å². The average molecular weight is 269 g/mol. The molecule has 2 rings (SSSR count). The zero-order chi connectivity index (χ0) is 13.0. The fourth-order valence-electron chi connectivity index (χ4n) is 1.89. The second-order valence-electron chi connectivity index (χ2n) is 4.27. The Morgan fingerprint density at radius 3 is 3.06 bits per heavy atom. The summed E-state index contributed by atoms with van der Waals surface area (Å²) in [6.07, 6.45) is 1.79. The first-order valence-electron chi connectivity index (χ1n) is 6.05. The Hall–Kier alpha value is -1.42. The summed E-state index contributed by atoms with van der Waals surface area (Å²) < 4.78 is 11.0. The number of aliphatic imine (C=N–C) groups is 1. The Bertz CT molecular complexity index is 437. The third-order valence-electron chi connectivity index (χ3n) is 2.82. The largest absolute Gasteiger partial charge is 0.490 e. The summed E-state index contributed by atoms with van der Waals surface area (Å²) >= 11 is 5.92.